The lowest BCUT2D eigenvalue weighted by molar-refractivity contribution is 0.0756. The molecule has 1 aliphatic rings. The van der Waals surface area contributed by atoms with Gasteiger partial charge in [-0.25, -0.2) is 0 Å². The van der Waals surface area contributed by atoms with Crippen LogP contribution in [0.15, 0.2) is 18.2 Å². The molecular weight excluding hydrogens is 164 g/mol. The van der Waals surface area contributed by atoms with E-state index in [-0.39, 0.29) is 6.04 Å². The first-order valence-corrected chi connectivity index (χ1v) is 4.61. The summed E-state index contributed by atoms with van der Waals surface area (Å²) >= 11 is 0. The molecular formula is C10H14N2O. The molecule has 3 nitrogen and oxygen atoms in total. The monoisotopic (exact) mass is 178 g/mol. The van der Waals surface area contributed by atoms with Gasteiger partial charge in [-0.2, -0.15) is 0 Å². The first-order valence-electron chi connectivity index (χ1n) is 4.61. The normalized spacial score (nSPS) is 23.0. The Bertz CT molecular complexity index is 282. The van der Waals surface area contributed by atoms with Gasteiger partial charge in [-0.3, -0.25) is 4.98 Å². The molecule has 3 heteroatoms. The maximum atomic E-state index is 5.37. The Hall–Kier alpha value is -0.930. The highest BCUT2D eigenvalue weighted by atomic mass is 16.5. The minimum absolute atomic E-state index is 0.272. The summed E-state index contributed by atoms with van der Waals surface area (Å²) < 4.78 is 5.37. The molecule has 0 spiro atoms. The summed E-state index contributed by atoms with van der Waals surface area (Å²) in [5.74, 6) is 0. The second kappa shape index (κ2) is 3.85. The second-order valence-electron chi connectivity index (χ2n) is 3.29. The zero-order valence-corrected chi connectivity index (χ0v) is 7.79. The van der Waals surface area contributed by atoms with Crippen molar-refractivity contribution in [2.24, 2.45) is 0 Å². The van der Waals surface area contributed by atoms with E-state index in [9.17, 15) is 0 Å². The number of aryl methyl sites for hydroxylation is 1. The smallest absolute Gasteiger partial charge is 0.0733 e. The van der Waals surface area contributed by atoms with E-state index in [0.717, 1.165) is 31.1 Å². The van der Waals surface area contributed by atoms with Gasteiger partial charge in [0, 0.05) is 12.2 Å². The number of aromatic nitrogens is 1. The first-order chi connectivity index (χ1) is 6.36. The van der Waals surface area contributed by atoms with E-state index < -0.39 is 0 Å². The highest BCUT2D eigenvalue weighted by Gasteiger charge is 2.15. The van der Waals surface area contributed by atoms with E-state index in [4.69, 9.17) is 4.74 Å². The molecule has 1 saturated heterocycles. The molecule has 1 aromatic rings. The summed E-state index contributed by atoms with van der Waals surface area (Å²) in [6.45, 7) is 4.46. The van der Waals surface area contributed by atoms with Gasteiger partial charge in [0.1, 0.15) is 0 Å². The highest BCUT2D eigenvalue weighted by Crippen LogP contribution is 2.13. The number of rotatable bonds is 1. The van der Waals surface area contributed by atoms with Crippen LogP contribution in [0.25, 0.3) is 0 Å². The number of hydrogen-bond donors (Lipinski definition) is 1. The molecule has 0 amide bonds. The minimum Gasteiger partial charge on any atom is -0.378 e. The molecule has 1 aliphatic heterocycles. The van der Waals surface area contributed by atoms with Gasteiger partial charge in [0.15, 0.2) is 0 Å². The Morgan fingerprint density at radius 1 is 1.54 bits per heavy atom. The van der Waals surface area contributed by atoms with Crippen LogP contribution in [-0.4, -0.2) is 24.7 Å². The standard InChI is InChI=1S/C10H14N2O/c1-8-3-2-4-9(12-8)10-7-13-6-5-11-10/h2-4,10-11H,5-7H2,1H3/t10-/m0/s1. The number of hydrogen-bond acceptors (Lipinski definition) is 3. The predicted octanol–water partition coefficient (Wildman–Crippen LogP) is 1.05. The maximum Gasteiger partial charge on any atom is 0.0733 e. The average Bonchev–Trinajstić information content (AvgIpc) is 2.19. The Morgan fingerprint density at radius 3 is 3.15 bits per heavy atom. The van der Waals surface area contributed by atoms with Gasteiger partial charge in [-0.15, -0.1) is 0 Å². The number of pyridine rings is 1. The van der Waals surface area contributed by atoms with Crippen molar-refractivity contribution in [2.45, 2.75) is 13.0 Å². The molecule has 70 valence electrons. The number of nitrogens with zero attached hydrogens (tertiary/aromatic N) is 1. The molecule has 1 atom stereocenters. The Balaban J connectivity index is 2.14. The fourth-order valence-electron chi connectivity index (χ4n) is 1.51. The van der Waals surface area contributed by atoms with Crippen molar-refractivity contribution in [2.75, 3.05) is 19.8 Å². The van der Waals surface area contributed by atoms with Crippen molar-refractivity contribution in [1.29, 1.82) is 0 Å². The van der Waals surface area contributed by atoms with Crippen molar-refractivity contribution in [3.63, 3.8) is 0 Å². The number of nitrogens with one attached hydrogen (secondary N) is 1. The summed E-state index contributed by atoms with van der Waals surface area (Å²) in [7, 11) is 0. The van der Waals surface area contributed by atoms with Crippen molar-refractivity contribution < 1.29 is 4.74 Å². The Labute approximate surface area is 78.1 Å². The second-order valence-corrected chi connectivity index (χ2v) is 3.29. The van der Waals surface area contributed by atoms with E-state index in [0.29, 0.717) is 0 Å². The van der Waals surface area contributed by atoms with Crippen LogP contribution in [0, 0.1) is 6.92 Å². The predicted molar refractivity (Wildman–Crippen MR) is 50.5 cm³/mol. The fourth-order valence-corrected chi connectivity index (χ4v) is 1.51. The van der Waals surface area contributed by atoms with Gasteiger partial charge in [0.05, 0.1) is 24.9 Å². The fraction of sp³-hybridized carbons (Fsp3) is 0.500. The van der Waals surface area contributed by atoms with E-state index in [1.807, 2.05) is 25.1 Å². The van der Waals surface area contributed by atoms with E-state index in [1.165, 1.54) is 0 Å². The summed E-state index contributed by atoms with van der Waals surface area (Å²) in [5, 5.41) is 3.38. The molecule has 2 rings (SSSR count). The molecule has 13 heavy (non-hydrogen) atoms. The summed E-state index contributed by atoms with van der Waals surface area (Å²) in [5.41, 5.74) is 2.14. The van der Waals surface area contributed by atoms with Gasteiger partial charge in [-0.1, -0.05) is 6.07 Å². The van der Waals surface area contributed by atoms with Crippen LogP contribution in [0.1, 0.15) is 17.4 Å². The SMILES string of the molecule is Cc1cccc([C@@H]2COCCN2)n1. The van der Waals surface area contributed by atoms with Crippen LogP contribution in [-0.2, 0) is 4.74 Å². The van der Waals surface area contributed by atoms with E-state index >= 15 is 0 Å². The zero-order valence-electron chi connectivity index (χ0n) is 7.79. The first kappa shape index (κ1) is 8.66. The quantitative estimate of drug-likeness (QED) is 0.698. The average molecular weight is 178 g/mol. The minimum atomic E-state index is 0.272. The molecule has 0 saturated carbocycles. The van der Waals surface area contributed by atoms with Gasteiger partial charge in [0.2, 0.25) is 0 Å². The van der Waals surface area contributed by atoms with Gasteiger partial charge >= 0.3 is 0 Å². The molecule has 1 N–H and O–H groups in total. The van der Waals surface area contributed by atoms with Crippen molar-refractivity contribution in [3.8, 4) is 0 Å². The largest absolute Gasteiger partial charge is 0.378 e. The van der Waals surface area contributed by atoms with E-state index in [2.05, 4.69) is 10.3 Å². The number of ether oxygens (including phenoxy) is 1. The maximum absolute atomic E-state index is 5.37. The van der Waals surface area contributed by atoms with Crippen LogP contribution in [0.5, 0.6) is 0 Å². The van der Waals surface area contributed by atoms with Gasteiger partial charge in [-0.05, 0) is 19.1 Å². The summed E-state index contributed by atoms with van der Waals surface area (Å²) in [6, 6.07) is 6.36. The molecule has 0 bridgehead atoms. The van der Waals surface area contributed by atoms with Crippen molar-refractivity contribution in [1.82, 2.24) is 10.3 Å². The summed E-state index contributed by atoms with van der Waals surface area (Å²) in [6.07, 6.45) is 0. The molecule has 2 heterocycles. The highest BCUT2D eigenvalue weighted by molar-refractivity contribution is 5.13. The Morgan fingerprint density at radius 2 is 2.46 bits per heavy atom. The van der Waals surface area contributed by atoms with Crippen LogP contribution >= 0.6 is 0 Å². The molecule has 0 unspecified atom stereocenters. The zero-order chi connectivity index (χ0) is 9.10. The third kappa shape index (κ3) is 2.05. The summed E-state index contributed by atoms with van der Waals surface area (Å²) in [4.78, 5) is 4.45. The lowest BCUT2D eigenvalue weighted by Gasteiger charge is -2.23. The molecule has 1 fully saturated rings. The van der Waals surface area contributed by atoms with Crippen molar-refractivity contribution >= 4 is 0 Å². The van der Waals surface area contributed by atoms with Crippen LogP contribution < -0.4 is 5.32 Å². The van der Waals surface area contributed by atoms with Crippen molar-refractivity contribution in [3.05, 3.63) is 29.6 Å². The van der Waals surface area contributed by atoms with Crippen LogP contribution in [0.3, 0.4) is 0 Å². The molecule has 1 aromatic heterocycles. The van der Waals surface area contributed by atoms with Gasteiger partial charge < -0.3 is 10.1 Å². The van der Waals surface area contributed by atoms with Crippen LogP contribution in [0.2, 0.25) is 0 Å². The van der Waals surface area contributed by atoms with Crippen LogP contribution in [0.4, 0.5) is 0 Å². The lowest BCUT2D eigenvalue weighted by Crippen LogP contribution is -2.35. The van der Waals surface area contributed by atoms with Gasteiger partial charge in [0.25, 0.3) is 0 Å². The molecule has 0 aliphatic carbocycles. The lowest BCUT2D eigenvalue weighted by atomic mass is 10.1. The van der Waals surface area contributed by atoms with E-state index in [1.54, 1.807) is 0 Å². The molecule has 0 radical (unpaired) electrons. The third-order valence-corrected chi connectivity index (χ3v) is 2.19. The Kier molecular flexibility index (Phi) is 2.57. The molecule has 0 aromatic carbocycles. The topological polar surface area (TPSA) is 34.1 Å². The number of morpholine rings is 1. The third-order valence-electron chi connectivity index (χ3n) is 2.19.